The zero-order valence-corrected chi connectivity index (χ0v) is 18.6. The van der Waals surface area contributed by atoms with E-state index in [0.717, 1.165) is 5.56 Å². The number of para-hydroxylation sites is 1. The van der Waals surface area contributed by atoms with E-state index in [9.17, 15) is 9.59 Å². The minimum Gasteiger partial charge on any atom is -0.317 e. The van der Waals surface area contributed by atoms with Crippen molar-refractivity contribution in [2.45, 2.75) is 39.8 Å². The summed E-state index contributed by atoms with van der Waals surface area (Å²) in [5.41, 5.74) is 1.50. The third kappa shape index (κ3) is 3.83. The van der Waals surface area contributed by atoms with E-state index in [0.29, 0.717) is 40.8 Å². The normalized spacial score (nSPS) is 12.5. The Morgan fingerprint density at radius 3 is 2.32 bits per heavy atom. The average Bonchev–Trinajstić information content (AvgIpc) is 3.20. The number of imidazole rings is 1. The summed E-state index contributed by atoms with van der Waals surface area (Å²) in [6.45, 7) is 6.48. The number of hydrogen-bond donors (Lipinski definition) is 0. The second-order valence-corrected chi connectivity index (χ2v) is 8.53. The molecule has 160 valence electrons. The minimum atomic E-state index is -0.427. The molecule has 0 N–H and O–H groups in total. The molecule has 1 atom stereocenters. The Balaban J connectivity index is 2.03. The van der Waals surface area contributed by atoms with E-state index < -0.39 is 5.69 Å². The summed E-state index contributed by atoms with van der Waals surface area (Å²) in [4.78, 5) is 31.4. The molecular weight excluding hydrogens is 412 g/mol. The van der Waals surface area contributed by atoms with Crippen LogP contribution in [0.5, 0.6) is 0 Å². The molecule has 2 aromatic heterocycles. The Labute approximate surface area is 185 Å². The average molecular weight is 437 g/mol. The number of halogens is 1. The van der Waals surface area contributed by atoms with Crippen molar-refractivity contribution in [3.63, 3.8) is 0 Å². The van der Waals surface area contributed by atoms with Crippen LogP contribution in [0.25, 0.3) is 16.9 Å². The largest absolute Gasteiger partial charge is 0.337 e. The lowest BCUT2D eigenvalue weighted by molar-refractivity contribution is 0.491. The standard InChI is InChI=1S/C24H25ClN4O2/c1-16(2)13-14-27-23(30)21-22(29(24(27)31)20-12-8-7-11-19(20)25)26-15-28(21)17(3)18-9-5-4-6-10-18/h4-12,15-17H,13-14H2,1-3H3. The second kappa shape index (κ2) is 8.55. The van der Waals surface area contributed by atoms with Crippen molar-refractivity contribution in [3.8, 4) is 5.69 Å². The smallest absolute Gasteiger partial charge is 0.317 e. The van der Waals surface area contributed by atoms with Crippen LogP contribution in [0.1, 0.15) is 38.8 Å². The van der Waals surface area contributed by atoms with Gasteiger partial charge in [-0.1, -0.05) is 67.9 Å². The van der Waals surface area contributed by atoms with E-state index in [1.807, 2.05) is 47.9 Å². The summed E-state index contributed by atoms with van der Waals surface area (Å²) in [6.07, 6.45) is 2.34. The van der Waals surface area contributed by atoms with Crippen molar-refractivity contribution >= 4 is 22.8 Å². The van der Waals surface area contributed by atoms with Gasteiger partial charge in [-0.2, -0.15) is 0 Å². The highest BCUT2D eigenvalue weighted by atomic mass is 35.5. The molecule has 2 aromatic carbocycles. The van der Waals surface area contributed by atoms with Crippen molar-refractivity contribution in [1.29, 1.82) is 0 Å². The second-order valence-electron chi connectivity index (χ2n) is 8.12. The van der Waals surface area contributed by atoms with E-state index in [4.69, 9.17) is 11.6 Å². The monoisotopic (exact) mass is 436 g/mol. The Bertz CT molecular complexity index is 1340. The molecule has 1 unspecified atom stereocenters. The molecule has 2 heterocycles. The summed E-state index contributed by atoms with van der Waals surface area (Å²) in [6, 6.07) is 16.9. The minimum absolute atomic E-state index is 0.130. The third-order valence-electron chi connectivity index (χ3n) is 5.58. The maximum atomic E-state index is 13.5. The highest BCUT2D eigenvalue weighted by Crippen LogP contribution is 2.24. The Morgan fingerprint density at radius 1 is 0.968 bits per heavy atom. The van der Waals surface area contributed by atoms with E-state index in [2.05, 4.69) is 18.8 Å². The van der Waals surface area contributed by atoms with Crippen molar-refractivity contribution < 1.29 is 0 Å². The van der Waals surface area contributed by atoms with E-state index in [-0.39, 0.29) is 11.6 Å². The zero-order chi connectivity index (χ0) is 22.1. The first-order valence-corrected chi connectivity index (χ1v) is 10.8. The molecule has 0 fully saturated rings. The number of hydrogen-bond acceptors (Lipinski definition) is 3. The van der Waals surface area contributed by atoms with Gasteiger partial charge in [0.05, 0.1) is 23.1 Å². The fourth-order valence-corrected chi connectivity index (χ4v) is 3.99. The van der Waals surface area contributed by atoms with Gasteiger partial charge in [0.15, 0.2) is 11.2 Å². The molecule has 0 bridgehead atoms. The van der Waals surface area contributed by atoms with Crippen LogP contribution in [0.15, 0.2) is 70.5 Å². The predicted octanol–water partition coefficient (Wildman–Crippen LogP) is 4.66. The van der Waals surface area contributed by atoms with Gasteiger partial charge in [0.1, 0.15) is 0 Å². The van der Waals surface area contributed by atoms with Crippen LogP contribution in [0, 0.1) is 5.92 Å². The topological polar surface area (TPSA) is 61.8 Å². The van der Waals surface area contributed by atoms with Gasteiger partial charge >= 0.3 is 5.69 Å². The van der Waals surface area contributed by atoms with Crippen LogP contribution in [0.2, 0.25) is 5.02 Å². The first-order chi connectivity index (χ1) is 14.9. The molecule has 4 rings (SSSR count). The predicted molar refractivity (Wildman–Crippen MR) is 124 cm³/mol. The van der Waals surface area contributed by atoms with Crippen LogP contribution in [-0.4, -0.2) is 18.7 Å². The molecule has 31 heavy (non-hydrogen) atoms. The number of aromatic nitrogens is 4. The van der Waals surface area contributed by atoms with Gasteiger partial charge in [-0.25, -0.2) is 14.3 Å². The molecule has 0 aliphatic rings. The van der Waals surface area contributed by atoms with E-state index >= 15 is 0 Å². The highest BCUT2D eigenvalue weighted by molar-refractivity contribution is 6.32. The lowest BCUT2D eigenvalue weighted by Gasteiger charge is -2.17. The molecule has 0 saturated carbocycles. The quantitative estimate of drug-likeness (QED) is 0.441. The Hall–Kier alpha value is -3.12. The number of benzene rings is 2. The highest BCUT2D eigenvalue weighted by Gasteiger charge is 2.22. The summed E-state index contributed by atoms with van der Waals surface area (Å²) in [5, 5.41) is 0.422. The summed E-state index contributed by atoms with van der Waals surface area (Å²) >= 11 is 6.43. The molecule has 7 heteroatoms. The van der Waals surface area contributed by atoms with Crippen molar-refractivity contribution in [2.75, 3.05) is 0 Å². The van der Waals surface area contributed by atoms with Gasteiger partial charge < -0.3 is 4.57 Å². The SMILES string of the molecule is CC(C)CCn1c(=O)c2c(ncn2C(C)c2ccccc2)n(-c2ccccc2Cl)c1=O. The van der Waals surface area contributed by atoms with Gasteiger partial charge in [0.25, 0.3) is 5.56 Å². The molecular formula is C24H25ClN4O2. The summed E-state index contributed by atoms with van der Waals surface area (Å²) in [5.74, 6) is 0.351. The van der Waals surface area contributed by atoms with Gasteiger partial charge in [-0.3, -0.25) is 9.36 Å². The lowest BCUT2D eigenvalue weighted by atomic mass is 10.1. The maximum Gasteiger partial charge on any atom is 0.337 e. The fraction of sp³-hybridized carbons (Fsp3) is 0.292. The van der Waals surface area contributed by atoms with Crippen molar-refractivity contribution in [2.24, 2.45) is 5.92 Å². The number of rotatable bonds is 6. The van der Waals surface area contributed by atoms with Crippen LogP contribution in [0.3, 0.4) is 0 Å². The molecule has 0 amide bonds. The van der Waals surface area contributed by atoms with Crippen LogP contribution in [0.4, 0.5) is 0 Å². The van der Waals surface area contributed by atoms with Crippen molar-refractivity contribution in [1.82, 2.24) is 18.7 Å². The molecule has 0 spiro atoms. The molecule has 0 aliphatic carbocycles. The Kier molecular flexibility index (Phi) is 5.83. The van der Waals surface area contributed by atoms with E-state index in [1.54, 1.807) is 24.5 Å². The van der Waals surface area contributed by atoms with Gasteiger partial charge in [-0.05, 0) is 37.0 Å². The van der Waals surface area contributed by atoms with Gasteiger partial charge in [0, 0.05) is 6.54 Å². The first-order valence-electron chi connectivity index (χ1n) is 10.4. The third-order valence-corrected chi connectivity index (χ3v) is 5.90. The van der Waals surface area contributed by atoms with Crippen molar-refractivity contribution in [3.05, 3.63) is 92.3 Å². The van der Waals surface area contributed by atoms with Crippen LogP contribution >= 0.6 is 11.6 Å². The molecule has 0 saturated heterocycles. The molecule has 0 radical (unpaired) electrons. The number of nitrogens with zero attached hydrogens (tertiary/aromatic N) is 4. The first kappa shape index (κ1) is 21.1. The fourth-order valence-electron chi connectivity index (χ4n) is 3.77. The van der Waals surface area contributed by atoms with Crippen LogP contribution < -0.4 is 11.2 Å². The number of fused-ring (bicyclic) bond motifs is 1. The zero-order valence-electron chi connectivity index (χ0n) is 17.8. The maximum absolute atomic E-state index is 13.5. The molecule has 4 aromatic rings. The molecule has 0 aliphatic heterocycles. The van der Waals surface area contributed by atoms with E-state index in [1.165, 1.54) is 9.13 Å². The summed E-state index contributed by atoms with van der Waals surface area (Å²) in [7, 11) is 0. The van der Waals surface area contributed by atoms with Gasteiger partial charge in [-0.15, -0.1) is 0 Å². The summed E-state index contributed by atoms with van der Waals surface area (Å²) < 4.78 is 4.60. The molecule has 6 nitrogen and oxygen atoms in total. The lowest BCUT2D eigenvalue weighted by Crippen LogP contribution is -2.40. The Morgan fingerprint density at radius 2 is 1.65 bits per heavy atom. The van der Waals surface area contributed by atoms with Crippen LogP contribution in [-0.2, 0) is 6.54 Å². The van der Waals surface area contributed by atoms with Gasteiger partial charge in [0.2, 0.25) is 0 Å².